The Bertz CT molecular complexity index is 1130. The van der Waals surface area contributed by atoms with Crippen LogP contribution in [0, 0.1) is 5.82 Å². The van der Waals surface area contributed by atoms with Gasteiger partial charge in [0.2, 0.25) is 0 Å². The van der Waals surface area contributed by atoms with Gasteiger partial charge in [-0.25, -0.2) is 4.39 Å². The normalized spacial score (nSPS) is 32.1. The summed E-state index contributed by atoms with van der Waals surface area (Å²) in [6.45, 7) is 1.74. The maximum absolute atomic E-state index is 13.7. The second kappa shape index (κ2) is 8.44. The number of benzene rings is 2. The van der Waals surface area contributed by atoms with Crippen molar-refractivity contribution in [1.82, 2.24) is 9.78 Å². The molecule has 9 heteroatoms. The zero-order valence-corrected chi connectivity index (χ0v) is 18.7. The molecule has 2 fully saturated rings. The van der Waals surface area contributed by atoms with Crippen LogP contribution >= 0.6 is 23.4 Å². The Morgan fingerprint density at radius 1 is 1.22 bits per heavy atom. The number of ether oxygens (including phenoxy) is 2. The lowest BCUT2D eigenvalue weighted by atomic mass is 9.90. The third-order valence-electron chi connectivity index (χ3n) is 5.84. The van der Waals surface area contributed by atoms with Crippen molar-refractivity contribution in [3.05, 3.63) is 71.8 Å². The fraction of sp³-hybridized carbons (Fsp3) is 0.348. The highest BCUT2D eigenvalue weighted by Gasteiger charge is 2.57. The molecule has 1 aromatic heterocycles. The molecule has 0 radical (unpaired) electrons. The minimum absolute atomic E-state index is 0.0815. The van der Waals surface area contributed by atoms with Gasteiger partial charge in [-0.2, -0.15) is 5.10 Å². The molecule has 0 aliphatic carbocycles. The lowest BCUT2D eigenvalue weighted by molar-refractivity contribution is -0.175. The molecule has 2 saturated heterocycles. The minimum Gasteiger partial charge on any atom is -0.387 e. The van der Waals surface area contributed by atoms with Crippen LogP contribution in [-0.4, -0.2) is 55.9 Å². The molecule has 2 aromatic carbocycles. The van der Waals surface area contributed by atoms with Crippen molar-refractivity contribution in [3.8, 4) is 11.1 Å². The average molecular weight is 477 g/mol. The smallest absolute Gasteiger partial charge is 0.136 e. The van der Waals surface area contributed by atoms with Crippen LogP contribution in [0.2, 0.25) is 5.02 Å². The molecule has 2 N–H and O–H groups in total. The number of nitrogens with zero attached hydrogens (tertiary/aromatic N) is 2. The van der Waals surface area contributed by atoms with Crippen LogP contribution in [0.1, 0.15) is 13.0 Å². The van der Waals surface area contributed by atoms with E-state index in [1.165, 1.54) is 23.9 Å². The van der Waals surface area contributed by atoms with Gasteiger partial charge >= 0.3 is 0 Å². The summed E-state index contributed by atoms with van der Waals surface area (Å²) in [4.78, 5) is 0.832. The predicted octanol–water partition coefficient (Wildman–Crippen LogP) is 3.91. The molecule has 2 aliphatic rings. The Kier molecular flexibility index (Phi) is 5.77. The summed E-state index contributed by atoms with van der Waals surface area (Å²) in [5.74, 6) is -0.338. The van der Waals surface area contributed by atoms with Crippen molar-refractivity contribution in [1.29, 1.82) is 0 Å². The summed E-state index contributed by atoms with van der Waals surface area (Å²) in [6, 6.07) is 12.9. The van der Waals surface area contributed by atoms with E-state index in [0.29, 0.717) is 16.1 Å². The van der Waals surface area contributed by atoms with Gasteiger partial charge in [0.1, 0.15) is 41.2 Å². The van der Waals surface area contributed by atoms with Gasteiger partial charge in [-0.05, 0) is 42.8 Å². The number of rotatable bonds is 4. The molecule has 3 heterocycles. The molecule has 0 spiro atoms. The number of aliphatic hydroxyl groups excluding tert-OH is 1. The van der Waals surface area contributed by atoms with Crippen LogP contribution in [0.3, 0.4) is 0 Å². The van der Waals surface area contributed by atoms with E-state index in [1.807, 2.05) is 12.1 Å². The van der Waals surface area contributed by atoms with Crippen molar-refractivity contribution in [3.63, 3.8) is 0 Å². The molecule has 32 heavy (non-hydrogen) atoms. The van der Waals surface area contributed by atoms with Crippen molar-refractivity contribution < 1.29 is 24.1 Å². The molecule has 0 saturated carbocycles. The van der Waals surface area contributed by atoms with E-state index >= 15 is 0 Å². The minimum atomic E-state index is -1.21. The van der Waals surface area contributed by atoms with Crippen molar-refractivity contribution in [2.75, 3.05) is 6.61 Å². The van der Waals surface area contributed by atoms with E-state index in [1.54, 1.807) is 48.3 Å². The van der Waals surface area contributed by atoms with Gasteiger partial charge in [-0.15, -0.1) is 0 Å². The first-order chi connectivity index (χ1) is 15.3. The van der Waals surface area contributed by atoms with E-state index < -0.39 is 35.4 Å². The monoisotopic (exact) mass is 476 g/mol. The Hall–Kier alpha value is -1.94. The maximum Gasteiger partial charge on any atom is 0.136 e. The Balaban J connectivity index is 1.48. The highest BCUT2D eigenvalue weighted by atomic mass is 35.5. The van der Waals surface area contributed by atoms with Gasteiger partial charge in [-0.3, -0.25) is 4.68 Å². The van der Waals surface area contributed by atoms with Crippen LogP contribution < -0.4 is 0 Å². The molecule has 168 valence electrons. The second-order valence-electron chi connectivity index (χ2n) is 8.33. The van der Waals surface area contributed by atoms with E-state index in [9.17, 15) is 14.6 Å². The summed E-state index contributed by atoms with van der Waals surface area (Å²) in [5, 5.41) is 27.2. The van der Waals surface area contributed by atoms with Gasteiger partial charge in [0.25, 0.3) is 0 Å². The van der Waals surface area contributed by atoms with Gasteiger partial charge < -0.3 is 19.7 Å². The quantitative estimate of drug-likeness (QED) is 0.594. The average Bonchev–Trinajstić information content (AvgIpc) is 3.34. The van der Waals surface area contributed by atoms with Crippen LogP contribution in [0.5, 0.6) is 0 Å². The molecular formula is C23H22ClFN2O4S. The third kappa shape index (κ3) is 4.07. The summed E-state index contributed by atoms with van der Waals surface area (Å²) in [6.07, 6.45) is 1.13. The Labute approximate surface area is 193 Å². The third-order valence-corrected chi connectivity index (χ3v) is 7.22. The van der Waals surface area contributed by atoms with Gasteiger partial charge in [-0.1, -0.05) is 41.6 Å². The van der Waals surface area contributed by atoms with Gasteiger partial charge in [0, 0.05) is 21.7 Å². The zero-order valence-electron chi connectivity index (χ0n) is 17.1. The zero-order chi connectivity index (χ0) is 22.5. The summed E-state index contributed by atoms with van der Waals surface area (Å²) in [5.41, 5.74) is -0.508. The number of hydrogen-bond donors (Lipinski definition) is 2. The van der Waals surface area contributed by atoms with Crippen LogP contribution in [0.15, 0.2) is 65.8 Å². The first-order valence-electron chi connectivity index (χ1n) is 10.2. The molecule has 0 amide bonds. The summed E-state index contributed by atoms with van der Waals surface area (Å²) in [7, 11) is 0. The molecule has 0 bridgehead atoms. The number of aliphatic hydroxyl groups is 2. The molecule has 3 aromatic rings. The second-order valence-corrected chi connectivity index (χ2v) is 9.94. The van der Waals surface area contributed by atoms with Crippen molar-refractivity contribution >= 4 is 23.4 Å². The molecule has 6 nitrogen and oxygen atoms in total. The highest BCUT2D eigenvalue weighted by Crippen LogP contribution is 2.45. The van der Waals surface area contributed by atoms with E-state index in [-0.39, 0.29) is 12.4 Å². The standard InChI is InChI=1S/C23H22ClFN2O4S/c1-23(29)12-30-20-18(27-11-14(10-26-27)13-4-2-6-16(25)8-13)19(28)22(31-21(20)23)32-17-7-3-5-15(24)9-17/h2-11,18-22,28-29H,12H2,1H3/t18?,19?,20-,21?,22-,23?/m1/s1. The van der Waals surface area contributed by atoms with E-state index in [2.05, 4.69) is 5.10 Å². The van der Waals surface area contributed by atoms with Crippen molar-refractivity contribution in [2.45, 2.75) is 47.2 Å². The molecule has 6 atom stereocenters. The van der Waals surface area contributed by atoms with Gasteiger partial charge in [0.05, 0.1) is 12.8 Å². The molecule has 5 rings (SSSR count). The number of hydrogen-bond acceptors (Lipinski definition) is 6. The highest BCUT2D eigenvalue weighted by molar-refractivity contribution is 7.99. The maximum atomic E-state index is 13.7. The fourth-order valence-corrected chi connectivity index (χ4v) is 5.62. The first-order valence-corrected chi connectivity index (χ1v) is 11.5. The lowest BCUT2D eigenvalue weighted by Crippen LogP contribution is -2.57. The van der Waals surface area contributed by atoms with Crippen LogP contribution in [0.4, 0.5) is 4.39 Å². The molecule has 2 aliphatic heterocycles. The lowest BCUT2D eigenvalue weighted by Gasteiger charge is -2.43. The molecular weight excluding hydrogens is 455 g/mol. The van der Waals surface area contributed by atoms with Crippen LogP contribution in [-0.2, 0) is 9.47 Å². The Morgan fingerprint density at radius 3 is 2.81 bits per heavy atom. The summed E-state index contributed by atoms with van der Waals surface area (Å²) >= 11 is 7.44. The van der Waals surface area contributed by atoms with E-state index in [4.69, 9.17) is 21.1 Å². The largest absolute Gasteiger partial charge is 0.387 e. The SMILES string of the molecule is CC1(O)CO[C@@H]2C(n3cc(-c4cccc(F)c4)cn3)C(O)[C@@H](Sc3cccc(Cl)c3)OC21. The number of aromatic nitrogens is 2. The number of halogens is 2. The number of fused-ring (bicyclic) bond motifs is 1. The molecule has 4 unspecified atom stereocenters. The Morgan fingerprint density at radius 2 is 2.03 bits per heavy atom. The topological polar surface area (TPSA) is 76.7 Å². The number of thioether (sulfide) groups is 1. The predicted molar refractivity (Wildman–Crippen MR) is 119 cm³/mol. The van der Waals surface area contributed by atoms with Crippen molar-refractivity contribution in [2.24, 2.45) is 0 Å². The summed E-state index contributed by atoms with van der Waals surface area (Å²) < 4.78 is 27.3. The van der Waals surface area contributed by atoms with Crippen LogP contribution in [0.25, 0.3) is 11.1 Å². The fourth-order valence-electron chi connectivity index (χ4n) is 4.27. The first kappa shape index (κ1) is 21.9. The van der Waals surface area contributed by atoms with E-state index in [0.717, 1.165) is 4.90 Å². The van der Waals surface area contributed by atoms with Gasteiger partial charge in [0.15, 0.2) is 0 Å².